The van der Waals surface area contributed by atoms with Crippen LogP contribution in [-0.2, 0) is 4.79 Å². The Morgan fingerprint density at radius 3 is 2.61 bits per heavy atom. The van der Waals surface area contributed by atoms with Crippen LogP contribution >= 0.6 is 23.1 Å². The quantitative estimate of drug-likeness (QED) is 0.684. The van der Waals surface area contributed by atoms with E-state index in [0.717, 1.165) is 16.7 Å². The van der Waals surface area contributed by atoms with Crippen LogP contribution in [-0.4, -0.2) is 41.7 Å². The van der Waals surface area contributed by atoms with Gasteiger partial charge in [-0.1, -0.05) is 12.1 Å². The van der Waals surface area contributed by atoms with Crippen molar-refractivity contribution >= 4 is 46.2 Å². The summed E-state index contributed by atoms with van der Waals surface area (Å²) in [7, 11) is 0. The molecule has 0 radical (unpaired) electrons. The fraction of sp³-hybridized carbons (Fsp3) is 0.167. The number of hydrogen-bond acceptors (Lipinski definition) is 6. The van der Waals surface area contributed by atoms with Crippen LogP contribution in [0.25, 0.3) is 6.08 Å². The van der Waals surface area contributed by atoms with Gasteiger partial charge in [-0.25, -0.2) is 0 Å². The van der Waals surface area contributed by atoms with E-state index in [9.17, 15) is 23.2 Å². The number of alkyl halides is 2. The smallest absolute Gasteiger partial charge is 0.387 e. The molecule has 1 N–H and O–H groups in total. The maximum absolute atomic E-state index is 12.4. The first-order chi connectivity index (χ1) is 13.4. The van der Waals surface area contributed by atoms with E-state index in [2.05, 4.69) is 10.1 Å². The highest BCUT2D eigenvalue weighted by Crippen LogP contribution is 2.32. The molecule has 3 amide bonds. The third kappa shape index (κ3) is 4.96. The number of amides is 3. The number of thioether (sulfide) groups is 1. The number of imide groups is 1. The van der Waals surface area contributed by atoms with E-state index in [1.165, 1.54) is 41.7 Å². The second-order valence-corrected chi connectivity index (χ2v) is 7.32. The van der Waals surface area contributed by atoms with Gasteiger partial charge in [0.2, 0.25) is 0 Å². The van der Waals surface area contributed by atoms with Crippen LogP contribution in [0.1, 0.15) is 15.9 Å². The Morgan fingerprint density at radius 2 is 1.96 bits per heavy atom. The van der Waals surface area contributed by atoms with Gasteiger partial charge in [-0.3, -0.25) is 19.3 Å². The van der Waals surface area contributed by atoms with Crippen LogP contribution in [0.2, 0.25) is 0 Å². The van der Waals surface area contributed by atoms with E-state index in [1.807, 2.05) is 0 Å². The summed E-state index contributed by atoms with van der Waals surface area (Å²) in [6.07, 6.45) is 1.50. The number of ether oxygens (including phenoxy) is 1. The number of carbonyl (C=O) groups is 3. The van der Waals surface area contributed by atoms with Crippen molar-refractivity contribution in [3.8, 4) is 5.75 Å². The topological polar surface area (TPSA) is 75.7 Å². The van der Waals surface area contributed by atoms with Gasteiger partial charge in [0.05, 0.1) is 4.91 Å². The van der Waals surface area contributed by atoms with Crippen molar-refractivity contribution in [2.75, 3.05) is 13.1 Å². The minimum atomic E-state index is -2.91. The lowest BCUT2D eigenvalue weighted by molar-refractivity contribution is -0.122. The third-order valence-electron chi connectivity index (χ3n) is 3.68. The lowest BCUT2D eigenvalue weighted by Crippen LogP contribution is -2.37. The number of nitrogens with one attached hydrogen (secondary N) is 1. The van der Waals surface area contributed by atoms with Gasteiger partial charge < -0.3 is 10.1 Å². The number of rotatable bonds is 7. The summed E-state index contributed by atoms with van der Waals surface area (Å²) in [4.78, 5) is 37.6. The van der Waals surface area contributed by atoms with Gasteiger partial charge >= 0.3 is 6.61 Å². The maximum Gasteiger partial charge on any atom is 0.387 e. The molecule has 10 heteroatoms. The monoisotopic (exact) mass is 424 g/mol. The predicted molar refractivity (Wildman–Crippen MR) is 102 cm³/mol. The molecule has 6 nitrogen and oxygen atoms in total. The van der Waals surface area contributed by atoms with Crippen molar-refractivity contribution in [1.82, 2.24) is 10.2 Å². The fourth-order valence-corrected chi connectivity index (χ4v) is 3.87. The molecule has 28 heavy (non-hydrogen) atoms. The molecule has 0 spiro atoms. The van der Waals surface area contributed by atoms with Gasteiger partial charge in [-0.15, -0.1) is 0 Å². The van der Waals surface area contributed by atoms with Crippen molar-refractivity contribution in [2.45, 2.75) is 6.61 Å². The third-order valence-corrected chi connectivity index (χ3v) is 5.27. The predicted octanol–water partition coefficient (Wildman–Crippen LogP) is 3.82. The Hall–Kier alpha value is -2.72. The first kappa shape index (κ1) is 20.0. The summed E-state index contributed by atoms with van der Waals surface area (Å²) in [6.45, 7) is -2.72. The highest BCUT2D eigenvalue weighted by molar-refractivity contribution is 8.18. The second-order valence-electron chi connectivity index (χ2n) is 5.55. The van der Waals surface area contributed by atoms with E-state index in [-0.39, 0.29) is 29.7 Å². The highest BCUT2D eigenvalue weighted by atomic mass is 32.2. The summed E-state index contributed by atoms with van der Waals surface area (Å²) >= 11 is 2.18. The number of hydrogen-bond donors (Lipinski definition) is 1. The first-order valence-electron chi connectivity index (χ1n) is 8.04. The summed E-state index contributed by atoms with van der Waals surface area (Å²) in [5, 5.41) is 5.71. The van der Waals surface area contributed by atoms with Crippen molar-refractivity contribution in [1.29, 1.82) is 0 Å². The SMILES string of the molecule is O=C(NCCN1C(=O)S/C(=C/c2ccc(OC(F)F)cc2)C1=O)c1ccsc1. The largest absolute Gasteiger partial charge is 0.435 e. The molecule has 0 saturated carbocycles. The van der Waals surface area contributed by atoms with E-state index in [1.54, 1.807) is 16.8 Å². The molecule has 2 heterocycles. The molecular formula is C18H14F2N2O4S2. The summed E-state index contributed by atoms with van der Waals surface area (Å²) in [5.41, 5.74) is 1.09. The molecule has 0 bridgehead atoms. The van der Waals surface area contributed by atoms with Gasteiger partial charge in [-0.2, -0.15) is 20.1 Å². The first-order valence-corrected chi connectivity index (χ1v) is 9.80. The van der Waals surface area contributed by atoms with Gasteiger partial charge in [0.1, 0.15) is 5.75 Å². The van der Waals surface area contributed by atoms with E-state index in [4.69, 9.17) is 0 Å². The normalized spacial score (nSPS) is 15.5. The lowest BCUT2D eigenvalue weighted by Gasteiger charge is -2.12. The highest BCUT2D eigenvalue weighted by Gasteiger charge is 2.34. The molecular weight excluding hydrogens is 410 g/mol. The van der Waals surface area contributed by atoms with Crippen LogP contribution in [0.5, 0.6) is 5.75 Å². The molecule has 0 atom stereocenters. The van der Waals surface area contributed by atoms with E-state index >= 15 is 0 Å². The zero-order valence-electron chi connectivity index (χ0n) is 14.3. The molecule has 1 fully saturated rings. The van der Waals surface area contributed by atoms with Crippen molar-refractivity contribution in [3.05, 3.63) is 57.1 Å². The molecule has 3 rings (SSSR count). The number of carbonyl (C=O) groups excluding carboxylic acids is 3. The molecule has 0 aliphatic carbocycles. The van der Waals surface area contributed by atoms with E-state index < -0.39 is 17.8 Å². The Bertz CT molecular complexity index is 899. The molecule has 1 saturated heterocycles. The van der Waals surface area contributed by atoms with Gasteiger partial charge in [0.25, 0.3) is 17.1 Å². The number of halogens is 2. The average Bonchev–Trinajstić information content (AvgIpc) is 3.27. The Labute approximate surface area is 167 Å². The van der Waals surface area contributed by atoms with Crippen molar-refractivity contribution in [3.63, 3.8) is 0 Å². The fourth-order valence-electron chi connectivity index (χ4n) is 2.37. The summed E-state index contributed by atoms with van der Waals surface area (Å²) in [6, 6.07) is 7.39. The summed E-state index contributed by atoms with van der Waals surface area (Å²) < 4.78 is 28.6. The average molecular weight is 424 g/mol. The molecule has 0 unspecified atom stereocenters. The van der Waals surface area contributed by atoms with Crippen molar-refractivity contribution in [2.24, 2.45) is 0 Å². The lowest BCUT2D eigenvalue weighted by atomic mass is 10.2. The number of thiophene rings is 1. The maximum atomic E-state index is 12.4. The van der Waals surface area contributed by atoms with E-state index in [0.29, 0.717) is 11.1 Å². The van der Waals surface area contributed by atoms with Crippen LogP contribution in [0, 0.1) is 0 Å². The number of nitrogens with zero attached hydrogens (tertiary/aromatic N) is 1. The van der Waals surface area contributed by atoms with Gasteiger partial charge in [-0.05, 0) is 47.0 Å². The summed E-state index contributed by atoms with van der Waals surface area (Å²) in [5.74, 6) is -0.732. The Balaban J connectivity index is 1.58. The van der Waals surface area contributed by atoms with Gasteiger partial charge in [0.15, 0.2) is 0 Å². The Kier molecular flexibility index (Phi) is 6.42. The van der Waals surface area contributed by atoms with Crippen LogP contribution in [0.4, 0.5) is 13.6 Å². The van der Waals surface area contributed by atoms with Crippen LogP contribution < -0.4 is 10.1 Å². The molecule has 1 aromatic heterocycles. The van der Waals surface area contributed by atoms with Gasteiger partial charge in [0, 0.05) is 24.0 Å². The zero-order chi connectivity index (χ0) is 20.1. The minimum Gasteiger partial charge on any atom is -0.435 e. The minimum absolute atomic E-state index is 0.00150. The molecule has 1 aliphatic rings. The van der Waals surface area contributed by atoms with Crippen molar-refractivity contribution < 1.29 is 27.9 Å². The number of benzene rings is 1. The molecule has 2 aromatic rings. The Morgan fingerprint density at radius 1 is 1.21 bits per heavy atom. The van der Waals surface area contributed by atoms with Crippen LogP contribution in [0.3, 0.4) is 0 Å². The zero-order valence-corrected chi connectivity index (χ0v) is 15.9. The second kappa shape index (κ2) is 8.98. The molecule has 1 aromatic carbocycles. The molecule has 146 valence electrons. The standard InChI is InChI=1S/C18H14F2N2O4S2/c19-17(20)26-13-3-1-11(2-4-13)9-14-16(24)22(18(25)28-14)7-6-21-15(23)12-5-8-27-10-12/h1-5,8-10,17H,6-7H2,(H,21,23)/b14-9+. The van der Waals surface area contributed by atoms with Crippen LogP contribution in [0.15, 0.2) is 46.0 Å². The molecule has 1 aliphatic heterocycles.